The van der Waals surface area contributed by atoms with Gasteiger partial charge in [-0.2, -0.15) is 0 Å². The fourth-order valence-electron chi connectivity index (χ4n) is 6.58. The number of nitrogens with two attached hydrogens (primary N) is 1. The van der Waals surface area contributed by atoms with Gasteiger partial charge in [0.05, 0.1) is 13.2 Å². The molecule has 9 nitrogen and oxygen atoms in total. The van der Waals surface area contributed by atoms with E-state index in [-0.39, 0.29) is 38.6 Å². The van der Waals surface area contributed by atoms with Gasteiger partial charge in [0.2, 0.25) is 0 Å². The zero-order valence-corrected chi connectivity index (χ0v) is 38.9. The molecule has 1 unspecified atom stereocenters. The van der Waals surface area contributed by atoms with Gasteiger partial charge in [0.15, 0.2) is 6.10 Å². The minimum Gasteiger partial charge on any atom is -0.462 e. The van der Waals surface area contributed by atoms with Gasteiger partial charge >= 0.3 is 19.8 Å². The fraction of sp³-hybridized carbons (Fsp3) is 0.796. The topological polar surface area (TPSA) is 134 Å². The van der Waals surface area contributed by atoms with E-state index in [1.807, 2.05) is 0 Å². The van der Waals surface area contributed by atoms with Crippen LogP contribution in [0.2, 0.25) is 0 Å². The zero-order valence-electron chi connectivity index (χ0n) is 38.0. The Labute approximate surface area is 362 Å². The molecule has 59 heavy (non-hydrogen) atoms. The van der Waals surface area contributed by atoms with Crippen LogP contribution in [0.3, 0.4) is 0 Å². The SMILES string of the molecule is CCCCCC=CCC=CCCCCCCCCCCCC(=O)OC[C@H](COP(=O)(O)OCCN)OC(=O)CCCCCCCCCCCC=CCC=CCCCCC. The molecule has 0 aliphatic heterocycles. The third-order valence-corrected chi connectivity index (χ3v) is 11.2. The van der Waals surface area contributed by atoms with E-state index in [4.69, 9.17) is 24.3 Å². The Morgan fingerprint density at radius 1 is 0.508 bits per heavy atom. The Morgan fingerprint density at radius 3 is 1.29 bits per heavy atom. The molecule has 0 radical (unpaired) electrons. The van der Waals surface area contributed by atoms with Gasteiger partial charge in [0.1, 0.15) is 6.61 Å². The molecule has 0 aromatic heterocycles. The smallest absolute Gasteiger partial charge is 0.462 e. The highest BCUT2D eigenvalue weighted by molar-refractivity contribution is 7.47. The molecule has 10 heteroatoms. The molecule has 0 fully saturated rings. The molecule has 0 aliphatic carbocycles. The number of esters is 2. The van der Waals surface area contributed by atoms with E-state index in [1.54, 1.807) is 0 Å². The second-order valence-electron chi connectivity index (χ2n) is 16.0. The summed E-state index contributed by atoms with van der Waals surface area (Å²) < 4.78 is 32.9. The first-order chi connectivity index (χ1) is 28.8. The maximum atomic E-state index is 12.6. The van der Waals surface area contributed by atoms with E-state index < -0.39 is 26.5 Å². The van der Waals surface area contributed by atoms with Crippen molar-refractivity contribution in [1.29, 1.82) is 0 Å². The number of ether oxygens (including phenoxy) is 2. The summed E-state index contributed by atoms with van der Waals surface area (Å²) in [5.41, 5.74) is 5.36. The lowest BCUT2D eigenvalue weighted by atomic mass is 10.1. The van der Waals surface area contributed by atoms with E-state index in [2.05, 4.69) is 62.5 Å². The van der Waals surface area contributed by atoms with E-state index in [0.717, 1.165) is 57.8 Å². The summed E-state index contributed by atoms with van der Waals surface area (Å²) in [4.78, 5) is 35.0. The number of carbonyl (C=O) groups excluding carboxylic acids is 2. The van der Waals surface area contributed by atoms with Crippen LogP contribution in [0.15, 0.2) is 48.6 Å². The predicted octanol–water partition coefficient (Wildman–Crippen LogP) is 14.3. The molecular weight excluding hydrogens is 762 g/mol. The van der Waals surface area contributed by atoms with Gasteiger partial charge in [-0.3, -0.25) is 18.6 Å². The van der Waals surface area contributed by atoms with Gasteiger partial charge in [0, 0.05) is 19.4 Å². The monoisotopic (exact) mass is 852 g/mol. The van der Waals surface area contributed by atoms with Gasteiger partial charge < -0.3 is 20.1 Å². The average Bonchev–Trinajstić information content (AvgIpc) is 3.22. The lowest BCUT2D eigenvalue weighted by Crippen LogP contribution is -2.29. The fourth-order valence-corrected chi connectivity index (χ4v) is 7.34. The minimum absolute atomic E-state index is 0.0510. The predicted molar refractivity (Wildman–Crippen MR) is 247 cm³/mol. The maximum absolute atomic E-state index is 12.6. The molecule has 0 saturated heterocycles. The number of carbonyl (C=O) groups is 2. The number of hydrogen-bond donors (Lipinski definition) is 2. The molecule has 2 atom stereocenters. The standard InChI is InChI=1S/C49H90NO8P/c1-3-5-7-9-11-13-15-17-19-21-23-25-27-29-31-33-35-37-39-41-48(51)55-45-47(46-57-59(53,54)56-44-43-50)58-49(52)42-40-38-36-34-32-30-28-26-24-22-20-18-16-14-12-10-8-6-4-2/h11-14,17-20,47H,3-10,15-16,21-46,50H2,1-2H3,(H,53,54)/t47-/m1/s1. The lowest BCUT2D eigenvalue weighted by molar-refractivity contribution is -0.161. The summed E-state index contributed by atoms with van der Waals surface area (Å²) in [7, 11) is -4.38. The number of allylic oxidation sites excluding steroid dienone is 8. The number of rotatable bonds is 45. The molecule has 0 aromatic carbocycles. The third kappa shape index (κ3) is 45.3. The quantitative estimate of drug-likeness (QED) is 0.0266. The summed E-state index contributed by atoms with van der Waals surface area (Å²) >= 11 is 0. The molecule has 0 spiro atoms. The molecule has 0 aliphatic rings. The first-order valence-corrected chi connectivity index (χ1v) is 25.6. The van der Waals surface area contributed by atoms with Crippen molar-refractivity contribution in [2.45, 2.75) is 225 Å². The third-order valence-electron chi connectivity index (χ3n) is 10.2. The Hall–Kier alpha value is -2.03. The van der Waals surface area contributed by atoms with Crippen LogP contribution in [0.4, 0.5) is 0 Å². The number of phosphoric acid groups is 1. The van der Waals surface area contributed by atoms with Crippen molar-refractivity contribution in [3.63, 3.8) is 0 Å². The Kier molecular flexibility index (Phi) is 43.9. The summed E-state index contributed by atoms with van der Waals surface area (Å²) in [5.74, 6) is -0.835. The van der Waals surface area contributed by atoms with Crippen molar-refractivity contribution in [2.75, 3.05) is 26.4 Å². The van der Waals surface area contributed by atoms with E-state index in [9.17, 15) is 19.0 Å². The Balaban J connectivity index is 4.09. The zero-order chi connectivity index (χ0) is 43.2. The number of phosphoric ester groups is 1. The first kappa shape index (κ1) is 57.0. The van der Waals surface area contributed by atoms with Crippen LogP contribution in [0.1, 0.15) is 219 Å². The van der Waals surface area contributed by atoms with Crippen LogP contribution in [-0.2, 0) is 32.7 Å². The van der Waals surface area contributed by atoms with Gasteiger partial charge in [-0.25, -0.2) is 4.57 Å². The Bertz CT molecular complexity index is 1110. The van der Waals surface area contributed by atoms with Crippen LogP contribution in [-0.4, -0.2) is 49.3 Å². The lowest BCUT2D eigenvalue weighted by Gasteiger charge is -2.19. The summed E-state index contributed by atoms with van der Waals surface area (Å²) in [6, 6.07) is 0. The van der Waals surface area contributed by atoms with Crippen molar-refractivity contribution in [3.8, 4) is 0 Å². The maximum Gasteiger partial charge on any atom is 0.472 e. The van der Waals surface area contributed by atoms with Gasteiger partial charge in [-0.15, -0.1) is 0 Å². The molecule has 0 heterocycles. The van der Waals surface area contributed by atoms with Crippen LogP contribution in [0.25, 0.3) is 0 Å². The van der Waals surface area contributed by atoms with Crippen molar-refractivity contribution >= 4 is 19.8 Å². The van der Waals surface area contributed by atoms with E-state index in [0.29, 0.717) is 6.42 Å². The van der Waals surface area contributed by atoms with E-state index in [1.165, 1.54) is 128 Å². The second-order valence-corrected chi connectivity index (χ2v) is 17.4. The van der Waals surface area contributed by atoms with Crippen LogP contribution < -0.4 is 5.73 Å². The second kappa shape index (κ2) is 45.5. The summed E-state index contributed by atoms with van der Waals surface area (Å²) in [6.07, 6.45) is 52.8. The van der Waals surface area contributed by atoms with Crippen molar-refractivity contribution in [3.05, 3.63) is 48.6 Å². The molecule has 0 rings (SSSR count). The highest BCUT2D eigenvalue weighted by Gasteiger charge is 2.26. The number of hydrogen-bond acceptors (Lipinski definition) is 8. The van der Waals surface area contributed by atoms with E-state index >= 15 is 0 Å². The Morgan fingerprint density at radius 2 is 0.881 bits per heavy atom. The molecule has 0 saturated carbocycles. The first-order valence-electron chi connectivity index (χ1n) is 24.1. The van der Waals surface area contributed by atoms with Crippen LogP contribution in [0, 0.1) is 0 Å². The normalized spacial score (nSPS) is 13.6. The van der Waals surface area contributed by atoms with Gasteiger partial charge in [-0.1, -0.05) is 178 Å². The van der Waals surface area contributed by atoms with Gasteiger partial charge in [-0.05, 0) is 77.0 Å². The molecule has 0 aromatic rings. The molecule has 0 bridgehead atoms. The summed E-state index contributed by atoms with van der Waals surface area (Å²) in [5, 5.41) is 0. The van der Waals surface area contributed by atoms with Gasteiger partial charge in [0.25, 0.3) is 0 Å². The number of unbranched alkanes of at least 4 members (excludes halogenated alkanes) is 24. The molecule has 3 N–H and O–H groups in total. The molecule has 344 valence electrons. The molecule has 0 amide bonds. The largest absolute Gasteiger partial charge is 0.472 e. The van der Waals surface area contributed by atoms with Crippen molar-refractivity contribution in [1.82, 2.24) is 0 Å². The summed E-state index contributed by atoms with van der Waals surface area (Å²) in [6.45, 7) is 3.69. The highest BCUT2D eigenvalue weighted by Crippen LogP contribution is 2.43. The minimum atomic E-state index is -4.38. The van der Waals surface area contributed by atoms with Crippen LogP contribution in [0.5, 0.6) is 0 Å². The van der Waals surface area contributed by atoms with Crippen molar-refractivity contribution in [2.24, 2.45) is 5.73 Å². The molecular formula is C49H90NO8P. The highest BCUT2D eigenvalue weighted by atomic mass is 31.2. The van der Waals surface area contributed by atoms with Crippen LogP contribution >= 0.6 is 7.82 Å². The van der Waals surface area contributed by atoms with Crippen molar-refractivity contribution < 1.29 is 37.6 Å². The average molecular weight is 852 g/mol.